The molecule has 5 nitrogen and oxygen atoms in total. The monoisotopic (exact) mass is 355 g/mol. The van der Waals surface area contributed by atoms with Crippen molar-refractivity contribution in [3.05, 3.63) is 64.7 Å². The Morgan fingerprint density at radius 1 is 1.31 bits per heavy atom. The summed E-state index contributed by atoms with van der Waals surface area (Å²) in [4.78, 5) is 11.7. The molecule has 0 aliphatic carbocycles. The number of aryl methyl sites for hydroxylation is 1. The Morgan fingerprint density at radius 2 is 2.15 bits per heavy atom. The van der Waals surface area contributed by atoms with Gasteiger partial charge in [0.25, 0.3) is 0 Å². The Morgan fingerprint density at radius 3 is 2.96 bits per heavy atom. The van der Waals surface area contributed by atoms with E-state index in [2.05, 4.69) is 5.32 Å². The van der Waals surface area contributed by atoms with Crippen molar-refractivity contribution in [3.63, 3.8) is 0 Å². The number of carboxylic acids is 1. The minimum absolute atomic E-state index is 0.229. The van der Waals surface area contributed by atoms with Gasteiger partial charge < -0.3 is 14.3 Å². The Kier molecular flexibility index (Phi) is 4.12. The highest BCUT2D eigenvalue weighted by molar-refractivity contribution is 5.82. The average molecular weight is 355 g/mol. The van der Waals surface area contributed by atoms with Gasteiger partial charge in [-0.1, -0.05) is 6.07 Å². The van der Waals surface area contributed by atoms with Gasteiger partial charge >= 0.3 is 5.97 Å². The summed E-state index contributed by atoms with van der Waals surface area (Å²) in [6.45, 7) is 2.69. The summed E-state index contributed by atoms with van der Waals surface area (Å²) < 4.78 is 24.7. The molecule has 6 heteroatoms. The zero-order valence-corrected chi connectivity index (χ0v) is 14.2. The van der Waals surface area contributed by atoms with Crippen molar-refractivity contribution >= 4 is 16.9 Å². The number of furan rings is 1. The summed E-state index contributed by atoms with van der Waals surface area (Å²) >= 11 is 0. The number of halogens is 1. The van der Waals surface area contributed by atoms with E-state index in [9.17, 15) is 14.3 Å². The molecule has 0 amide bonds. The van der Waals surface area contributed by atoms with Gasteiger partial charge in [-0.25, -0.2) is 4.39 Å². The first-order valence-corrected chi connectivity index (χ1v) is 8.42. The number of hydrogen-bond acceptors (Lipinski definition) is 4. The number of ether oxygens (including phenoxy) is 1. The second-order valence-electron chi connectivity index (χ2n) is 6.41. The second kappa shape index (κ2) is 6.46. The lowest BCUT2D eigenvalue weighted by molar-refractivity contribution is -0.139. The van der Waals surface area contributed by atoms with Crippen molar-refractivity contribution in [1.82, 2.24) is 5.32 Å². The largest absolute Gasteiger partial charge is 0.493 e. The van der Waals surface area contributed by atoms with Crippen LogP contribution in [0.5, 0.6) is 5.75 Å². The third kappa shape index (κ3) is 2.93. The number of aliphatic carboxylic acids is 1. The molecule has 1 atom stereocenters. The molecule has 0 radical (unpaired) electrons. The quantitative estimate of drug-likeness (QED) is 0.730. The molecule has 2 heterocycles. The molecule has 1 aromatic heterocycles. The minimum Gasteiger partial charge on any atom is -0.493 e. The number of nitrogens with one attached hydrogen (secondary N) is 1. The van der Waals surface area contributed by atoms with Gasteiger partial charge in [-0.2, -0.15) is 0 Å². The van der Waals surface area contributed by atoms with E-state index in [1.165, 1.54) is 12.1 Å². The summed E-state index contributed by atoms with van der Waals surface area (Å²) in [5.74, 6) is 0.114. The van der Waals surface area contributed by atoms with Gasteiger partial charge in [0.2, 0.25) is 0 Å². The molecule has 2 N–H and O–H groups in total. The van der Waals surface area contributed by atoms with Crippen molar-refractivity contribution < 1.29 is 23.4 Å². The zero-order chi connectivity index (χ0) is 18.3. The summed E-state index contributed by atoms with van der Waals surface area (Å²) in [6, 6.07) is 8.92. The molecule has 2 aromatic carbocycles. The number of carboxylic acid groups (broad SMARTS) is 1. The Balaban J connectivity index is 1.58. The number of carbonyl (C=O) groups is 1. The SMILES string of the molecule is Cc1c(CNC(C(=O)O)c2ccc3c(c2)CCO3)oc2ccc(F)cc12. The van der Waals surface area contributed by atoms with E-state index < -0.39 is 12.0 Å². The van der Waals surface area contributed by atoms with Gasteiger partial charge in [-0.05, 0) is 53.9 Å². The molecular weight excluding hydrogens is 337 g/mol. The van der Waals surface area contributed by atoms with Crippen molar-refractivity contribution in [2.75, 3.05) is 6.61 Å². The summed E-state index contributed by atoms with van der Waals surface area (Å²) in [7, 11) is 0. The summed E-state index contributed by atoms with van der Waals surface area (Å²) in [5.41, 5.74) is 3.08. The summed E-state index contributed by atoms with van der Waals surface area (Å²) in [5, 5.41) is 13.4. The molecule has 0 bridgehead atoms. The highest BCUT2D eigenvalue weighted by atomic mass is 19.1. The Labute approximate surface area is 149 Å². The highest BCUT2D eigenvalue weighted by Gasteiger charge is 2.23. The Hall–Kier alpha value is -2.86. The van der Waals surface area contributed by atoms with Crippen LogP contribution < -0.4 is 10.1 Å². The maximum absolute atomic E-state index is 13.4. The van der Waals surface area contributed by atoms with Gasteiger partial charge in [0, 0.05) is 11.8 Å². The van der Waals surface area contributed by atoms with Crippen LogP contribution in [0.15, 0.2) is 40.8 Å². The topological polar surface area (TPSA) is 71.7 Å². The fraction of sp³-hybridized carbons (Fsp3) is 0.250. The molecular formula is C20H18FNO4. The number of rotatable bonds is 5. The lowest BCUT2D eigenvalue weighted by Crippen LogP contribution is -2.28. The van der Waals surface area contributed by atoms with E-state index in [0.29, 0.717) is 28.9 Å². The maximum Gasteiger partial charge on any atom is 0.325 e. The van der Waals surface area contributed by atoms with Gasteiger partial charge in [-0.15, -0.1) is 0 Å². The molecule has 0 fully saturated rings. The first-order chi connectivity index (χ1) is 12.5. The molecule has 1 aliphatic rings. The number of benzene rings is 2. The molecule has 26 heavy (non-hydrogen) atoms. The van der Waals surface area contributed by atoms with Crippen LogP contribution in [0.25, 0.3) is 11.0 Å². The third-order valence-corrected chi connectivity index (χ3v) is 4.76. The number of fused-ring (bicyclic) bond motifs is 2. The van der Waals surface area contributed by atoms with Crippen LogP contribution in [0.3, 0.4) is 0 Å². The summed E-state index contributed by atoms with van der Waals surface area (Å²) in [6.07, 6.45) is 0.782. The fourth-order valence-corrected chi connectivity index (χ4v) is 3.34. The normalized spacial score (nSPS) is 14.2. The minimum atomic E-state index is -0.969. The molecule has 0 saturated heterocycles. The lowest BCUT2D eigenvalue weighted by Gasteiger charge is -2.15. The van der Waals surface area contributed by atoms with E-state index in [1.54, 1.807) is 12.1 Å². The van der Waals surface area contributed by atoms with Crippen LogP contribution >= 0.6 is 0 Å². The van der Waals surface area contributed by atoms with E-state index >= 15 is 0 Å². The third-order valence-electron chi connectivity index (χ3n) is 4.76. The van der Waals surface area contributed by atoms with Crippen molar-refractivity contribution in [1.29, 1.82) is 0 Å². The average Bonchev–Trinajstić information content (AvgIpc) is 3.20. The molecule has 1 aliphatic heterocycles. The van der Waals surface area contributed by atoms with Crippen LogP contribution in [-0.2, 0) is 17.8 Å². The van der Waals surface area contributed by atoms with Gasteiger partial charge in [0.1, 0.15) is 29.0 Å². The molecule has 0 saturated carbocycles. The van der Waals surface area contributed by atoms with E-state index in [0.717, 1.165) is 23.3 Å². The van der Waals surface area contributed by atoms with Crippen molar-refractivity contribution in [3.8, 4) is 5.75 Å². The van der Waals surface area contributed by atoms with Crippen molar-refractivity contribution in [2.45, 2.75) is 25.9 Å². The molecule has 0 spiro atoms. The molecule has 4 rings (SSSR count). The molecule has 3 aromatic rings. The van der Waals surface area contributed by atoms with Gasteiger partial charge in [0.05, 0.1) is 13.2 Å². The predicted molar refractivity (Wildman–Crippen MR) is 93.8 cm³/mol. The van der Waals surface area contributed by atoms with Crippen LogP contribution in [0.2, 0.25) is 0 Å². The predicted octanol–water partition coefficient (Wildman–Crippen LogP) is 3.73. The lowest BCUT2D eigenvalue weighted by atomic mass is 10.0. The van der Waals surface area contributed by atoms with E-state index in [-0.39, 0.29) is 12.4 Å². The van der Waals surface area contributed by atoms with Gasteiger partial charge in [-0.3, -0.25) is 10.1 Å². The van der Waals surface area contributed by atoms with E-state index in [4.69, 9.17) is 9.15 Å². The standard InChI is InChI=1S/C20H18FNO4/c1-11-15-9-14(21)3-5-17(15)26-18(11)10-22-19(20(23)24)13-2-4-16-12(8-13)6-7-25-16/h2-5,8-9,19,22H,6-7,10H2,1H3,(H,23,24). The fourth-order valence-electron chi connectivity index (χ4n) is 3.34. The van der Waals surface area contributed by atoms with Crippen LogP contribution in [0, 0.1) is 12.7 Å². The zero-order valence-electron chi connectivity index (χ0n) is 14.2. The van der Waals surface area contributed by atoms with Crippen LogP contribution in [0.4, 0.5) is 4.39 Å². The maximum atomic E-state index is 13.4. The smallest absolute Gasteiger partial charge is 0.325 e. The first-order valence-electron chi connectivity index (χ1n) is 8.42. The molecule has 1 unspecified atom stereocenters. The Bertz CT molecular complexity index is 995. The first kappa shape index (κ1) is 16.6. The highest BCUT2D eigenvalue weighted by Crippen LogP contribution is 2.29. The molecule has 134 valence electrons. The van der Waals surface area contributed by atoms with Crippen molar-refractivity contribution in [2.24, 2.45) is 0 Å². The van der Waals surface area contributed by atoms with Gasteiger partial charge in [0.15, 0.2) is 0 Å². The number of hydrogen-bond donors (Lipinski definition) is 2. The second-order valence-corrected chi connectivity index (χ2v) is 6.41. The van der Waals surface area contributed by atoms with Crippen LogP contribution in [0.1, 0.15) is 28.5 Å². The van der Waals surface area contributed by atoms with E-state index in [1.807, 2.05) is 19.1 Å². The van der Waals surface area contributed by atoms with Crippen LogP contribution in [-0.4, -0.2) is 17.7 Å².